The van der Waals surface area contributed by atoms with Gasteiger partial charge in [-0.15, -0.1) is 5.10 Å². The largest absolute Gasteiger partial charge is 0.397 e. The zero-order chi connectivity index (χ0) is 20.8. The maximum absolute atomic E-state index is 5.97. The Labute approximate surface area is 179 Å². The van der Waals surface area contributed by atoms with Crippen LogP contribution in [0, 0.1) is 0 Å². The number of anilines is 2. The molecule has 2 aromatic carbocycles. The molecule has 0 atom stereocenters. The predicted molar refractivity (Wildman–Crippen MR) is 122 cm³/mol. The van der Waals surface area contributed by atoms with E-state index in [1.54, 1.807) is 12.4 Å². The fraction of sp³-hybridized carbons (Fsp3) is 0.0800. The molecule has 4 heterocycles. The van der Waals surface area contributed by atoms with Crippen molar-refractivity contribution in [3.8, 4) is 22.5 Å². The third kappa shape index (κ3) is 3.00. The highest BCUT2D eigenvalue weighted by molar-refractivity contribution is 5.89. The van der Waals surface area contributed by atoms with E-state index < -0.39 is 0 Å². The Kier molecular flexibility index (Phi) is 3.96. The van der Waals surface area contributed by atoms with Crippen LogP contribution < -0.4 is 10.6 Å². The van der Waals surface area contributed by atoms with Crippen LogP contribution in [0.3, 0.4) is 0 Å². The van der Waals surface area contributed by atoms with Crippen molar-refractivity contribution in [1.29, 1.82) is 0 Å². The summed E-state index contributed by atoms with van der Waals surface area (Å²) in [6, 6.07) is 22.9. The van der Waals surface area contributed by atoms with Gasteiger partial charge in [0.05, 0.1) is 5.69 Å². The number of aromatic nitrogens is 4. The van der Waals surface area contributed by atoms with E-state index in [0.717, 1.165) is 41.1 Å². The Morgan fingerprint density at radius 3 is 2.29 bits per heavy atom. The fourth-order valence-corrected chi connectivity index (χ4v) is 4.26. The molecule has 31 heavy (non-hydrogen) atoms. The molecule has 6 heteroatoms. The van der Waals surface area contributed by atoms with Crippen LogP contribution in [0.15, 0.2) is 85.3 Å². The number of rotatable bonds is 3. The number of hydrogen-bond acceptors (Lipinski definition) is 5. The van der Waals surface area contributed by atoms with Gasteiger partial charge in [0.1, 0.15) is 5.52 Å². The molecule has 1 aliphatic heterocycles. The topological polar surface area (TPSA) is 72.3 Å². The van der Waals surface area contributed by atoms with E-state index in [-0.39, 0.29) is 0 Å². The average Bonchev–Trinajstić information content (AvgIpc) is 3.43. The van der Waals surface area contributed by atoms with Gasteiger partial charge in [0.25, 0.3) is 0 Å². The monoisotopic (exact) mass is 404 g/mol. The van der Waals surface area contributed by atoms with Crippen molar-refractivity contribution in [2.24, 2.45) is 0 Å². The summed E-state index contributed by atoms with van der Waals surface area (Å²) in [6.45, 7) is 1.63. The highest BCUT2D eigenvalue weighted by Gasteiger charge is 2.25. The molecule has 2 N–H and O–H groups in total. The standard InChI is InChI=1S/C25H20N6/c26-21-12-20(13-27-14-21)24-28-25(30-15-18-8-4-5-9-19(18)16-30)23-22(10-11-31(23)29-24)17-6-2-1-3-7-17/h1-14H,15-16,26H2. The van der Waals surface area contributed by atoms with Gasteiger partial charge in [0, 0.05) is 42.8 Å². The van der Waals surface area contributed by atoms with E-state index in [9.17, 15) is 0 Å². The first-order chi connectivity index (χ1) is 15.3. The minimum absolute atomic E-state index is 0.591. The van der Waals surface area contributed by atoms with Crippen molar-refractivity contribution in [2.75, 3.05) is 10.6 Å². The van der Waals surface area contributed by atoms with E-state index in [0.29, 0.717) is 11.5 Å². The van der Waals surface area contributed by atoms with Crippen LogP contribution in [0.5, 0.6) is 0 Å². The minimum Gasteiger partial charge on any atom is -0.397 e. The molecular weight excluding hydrogens is 384 g/mol. The summed E-state index contributed by atoms with van der Waals surface area (Å²) >= 11 is 0. The zero-order valence-corrected chi connectivity index (χ0v) is 16.8. The summed E-state index contributed by atoms with van der Waals surface area (Å²) in [4.78, 5) is 11.6. The number of nitrogens with zero attached hydrogens (tertiary/aromatic N) is 5. The average molecular weight is 404 g/mol. The van der Waals surface area contributed by atoms with Crippen LogP contribution in [0.25, 0.3) is 28.0 Å². The number of benzene rings is 2. The lowest BCUT2D eigenvalue weighted by Crippen LogP contribution is -2.18. The lowest BCUT2D eigenvalue weighted by atomic mass is 10.1. The smallest absolute Gasteiger partial charge is 0.183 e. The lowest BCUT2D eigenvalue weighted by Gasteiger charge is -2.19. The van der Waals surface area contributed by atoms with Crippen LogP contribution in [0.2, 0.25) is 0 Å². The number of nitrogens with two attached hydrogens (primary N) is 1. The molecule has 0 aliphatic carbocycles. The summed E-state index contributed by atoms with van der Waals surface area (Å²) in [5.74, 6) is 1.51. The predicted octanol–water partition coefficient (Wildman–Crippen LogP) is 4.56. The molecule has 0 saturated carbocycles. The highest BCUT2D eigenvalue weighted by Crippen LogP contribution is 2.36. The zero-order valence-electron chi connectivity index (χ0n) is 16.8. The van der Waals surface area contributed by atoms with Gasteiger partial charge in [-0.2, -0.15) is 0 Å². The van der Waals surface area contributed by atoms with E-state index in [2.05, 4.69) is 64.5 Å². The van der Waals surface area contributed by atoms with Crippen LogP contribution in [0.1, 0.15) is 11.1 Å². The second kappa shape index (κ2) is 6.95. The third-order valence-electron chi connectivity index (χ3n) is 5.74. The Hall–Kier alpha value is -4.19. The van der Waals surface area contributed by atoms with E-state index >= 15 is 0 Å². The fourth-order valence-electron chi connectivity index (χ4n) is 4.26. The number of nitrogen functional groups attached to an aromatic ring is 1. The number of hydrogen-bond donors (Lipinski definition) is 1. The van der Waals surface area contributed by atoms with Gasteiger partial charge in [-0.1, -0.05) is 54.6 Å². The van der Waals surface area contributed by atoms with E-state index in [1.165, 1.54) is 11.1 Å². The normalized spacial score (nSPS) is 13.0. The first-order valence-corrected chi connectivity index (χ1v) is 10.2. The molecular formula is C25H20N6. The number of pyridine rings is 1. The SMILES string of the molecule is Nc1cncc(-c2nc(N3Cc4ccccc4C3)c3c(-c4ccccc4)ccn3n2)c1. The second-order valence-electron chi connectivity index (χ2n) is 7.78. The van der Waals surface area contributed by atoms with Crippen LogP contribution in [-0.2, 0) is 13.1 Å². The second-order valence-corrected chi connectivity index (χ2v) is 7.78. The molecule has 0 fully saturated rings. The summed E-state index contributed by atoms with van der Waals surface area (Å²) in [6.07, 6.45) is 5.38. The molecule has 0 bridgehead atoms. The van der Waals surface area contributed by atoms with Crippen molar-refractivity contribution < 1.29 is 0 Å². The van der Waals surface area contributed by atoms with Crippen LogP contribution in [-0.4, -0.2) is 19.6 Å². The van der Waals surface area contributed by atoms with Gasteiger partial charge in [-0.25, -0.2) is 9.50 Å². The maximum Gasteiger partial charge on any atom is 0.183 e. The summed E-state index contributed by atoms with van der Waals surface area (Å²) in [5.41, 5.74) is 13.3. The maximum atomic E-state index is 5.97. The molecule has 1 aliphatic rings. The van der Waals surface area contributed by atoms with Crippen LogP contribution >= 0.6 is 0 Å². The first kappa shape index (κ1) is 17.7. The Morgan fingerprint density at radius 1 is 0.806 bits per heavy atom. The van der Waals surface area contributed by atoms with Crippen molar-refractivity contribution in [2.45, 2.75) is 13.1 Å². The first-order valence-electron chi connectivity index (χ1n) is 10.2. The van der Waals surface area contributed by atoms with Crippen molar-refractivity contribution in [3.05, 3.63) is 96.4 Å². The van der Waals surface area contributed by atoms with Gasteiger partial charge >= 0.3 is 0 Å². The quantitative estimate of drug-likeness (QED) is 0.477. The summed E-state index contributed by atoms with van der Waals surface area (Å²) < 4.78 is 1.92. The molecule has 0 saturated heterocycles. The minimum atomic E-state index is 0.591. The third-order valence-corrected chi connectivity index (χ3v) is 5.74. The molecule has 6 rings (SSSR count). The van der Waals surface area contributed by atoms with Gasteiger partial charge in [0.2, 0.25) is 0 Å². The van der Waals surface area contributed by atoms with Crippen molar-refractivity contribution >= 4 is 17.0 Å². The van der Waals surface area contributed by atoms with Crippen molar-refractivity contribution in [1.82, 2.24) is 19.6 Å². The van der Waals surface area contributed by atoms with E-state index in [1.807, 2.05) is 22.8 Å². The lowest BCUT2D eigenvalue weighted by molar-refractivity contribution is 0.829. The van der Waals surface area contributed by atoms with Crippen LogP contribution in [0.4, 0.5) is 11.5 Å². The van der Waals surface area contributed by atoms with Gasteiger partial charge in [-0.05, 0) is 28.8 Å². The molecule has 5 aromatic rings. The molecule has 0 amide bonds. The summed E-state index contributed by atoms with van der Waals surface area (Å²) in [5, 5.41) is 4.80. The Bertz CT molecular complexity index is 1380. The van der Waals surface area contributed by atoms with Crippen molar-refractivity contribution in [3.63, 3.8) is 0 Å². The molecule has 0 unspecified atom stereocenters. The van der Waals surface area contributed by atoms with Gasteiger partial charge in [0.15, 0.2) is 11.6 Å². The molecule has 0 spiro atoms. The Morgan fingerprint density at radius 2 is 1.55 bits per heavy atom. The molecule has 6 nitrogen and oxygen atoms in total. The van der Waals surface area contributed by atoms with Gasteiger partial charge < -0.3 is 10.6 Å². The summed E-state index contributed by atoms with van der Waals surface area (Å²) in [7, 11) is 0. The molecule has 150 valence electrons. The number of fused-ring (bicyclic) bond motifs is 2. The Balaban J connectivity index is 1.57. The van der Waals surface area contributed by atoms with Gasteiger partial charge in [-0.3, -0.25) is 4.98 Å². The highest BCUT2D eigenvalue weighted by atomic mass is 15.3. The molecule has 3 aromatic heterocycles. The molecule has 0 radical (unpaired) electrons. The van der Waals surface area contributed by atoms with E-state index in [4.69, 9.17) is 15.8 Å².